The second kappa shape index (κ2) is 6.86. The molecule has 0 spiro atoms. The van der Waals surface area contributed by atoms with Gasteiger partial charge in [0.05, 0.1) is 6.61 Å². The average Bonchev–Trinajstić information content (AvgIpc) is 2.44. The second-order valence-corrected chi connectivity index (χ2v) is 5.36. The minimum absolute atomic E-state index is 0.122. The average molecular weight is 276 g/mol. The fraction of sp³-hybridized carbons (Fsp3) is 0.562. The van der Waals surface area contributed by atoms with E-state index in [1.54, 1.807) is 0 Å². The van der Waals surface area contributed by atoms with E-state index >= 15 is 0 Å². The number of nitrogens with one attached hydrogen (secondary N) is 1. The maximum absolute atomic E-state index is 12.0. The van der Waals surface area contributed by atoms with Gasteiger partial charge in [0.15, 0.2) is 0 Å². The maximum Gasteiger partial charge on any atom is 0.324 e. The van der Waals surface area contributed by atoms with Gasteiger partial charge in [-0.15, -0.1) is 0 Å². The molecular weight excluding hydrogens is 252 g/mol. The summed E-state index contributed by atoms with van der Waals surface area (Å²) in [5.41, 5.74) is 3.85. The molecule has 20 heavy (non-hydrogen) atoms. The monoisotopic (exact) mass is 276 g/mol. The lowest BCUT2D eigenvalue weighted by molar-refractivity contribution is -0.150. The third-order valence-electron chi connectivity index (χ3n) is 3.87. The van der Waals surface area contributed by atoms with Gasteiger partial charge >= 0.3 is 5.97 Å². The van der Waals surface area contributed by atoms with Crippen molar-refractivity contribution >= 4 is 5.97 Å². The number of piperazine rings is 1. The van der Waals surface area contributed by atoms with Crippen molar-refractivity contribution in [2.24, 2.45) is 0 Å². The van der Waals surface area contributed by atoms with Crippen LogP contribution in [-0.4, -0.2) is 43.2 Å². The summed E-state index contributed by atoms with van der Waals surface area (Å²) in [6, 6.07) is 6.32. The van der Waals surface area contributed by atoms with Gasteiger partial charge in [-0.05, 0) is 37.5 Å². The highest BCUT2D eigenvalue weighted by molar-refractivity contribution is 5.76. The molecule has 0 bridgehead atoms. The number of ether oxygens (including phenoxy) is 1. The third kappa shape index (κ3) is 3.58. The van der Waals surface area contributed by atoms with Crippen LogP contribution in [0.1, 0.15) is 23.6 Å². The van der Waals surface area contributed by atoms with Crippen LogP contribution in [0.25, 0.3) is 0 Å². The first kappa shape index (κ1) is 15.0. The molecule has 1 unspecified atom stereocenters. The van der Waals surface area contributed by atoms with Gasteiger partial charge < -0.3 is 10.1 Å². The van der Waals surface area contributed by atoms with Crippen molar-refractivity contribution in [3.63, 3.8) is 0 Å². The van der Waals surface area contributed by atoms with E-state index in [1.807, 2.05) is 6.92 Å². The molecular formula is C16H24N2O2. The summed E-state index contributed by atoms with van der Waals surface area (Å²) in [7, 11) is 0. The van der Waals surface area contributed by atoms with Crippen LogP contribution in [0.3, 0.4) is 0 Å². The minimum Gasteiger partial charge on any atom is -0.465 e. The number of benzene rings is 1. The molecule has 1 aromatic rings. The molecule has 0 aliphatic carbocycles. The summed E-state index contributed by atoms with van der Waals surface area (Å²) in [5.74, 6) is -0.122. The Bertz CT molecular complexity index is 474. The highest BCUT2D eigenvalue weighted by Gasteiger charge is 2.29. The predicted molar refractivity (Wildman–Crippen MR) is 79.6 cm³/mol. The number of carbonyl (C=O) groups is 1. The Morgan fingerprint density at radius 2 is 2.20 bits per heavy atom. The number of aryl methyl sites for hydroxylation is 2. The predicted octanol–water partition coefficient (Wildman–Crippen LogP) is 1.64. The van der Waals surface area contributed by atoms with E-state index in [-0.39, 0.29) is 12.0 Å². The Labute approximate surface area is 121 Å². The number of carbonyl (C=O) groups excluding carboxylic acids is 1. The lowest BCUT2D eigenvalue weighted by atomic mass is 10.0. The van der Waals surface area contributed by atoms with Gasteiger partial charge in [0, 0.05) is 26.2 Å². The molecule has 0 radical (unpaired) electrons. The molecule has 110 valence electrons. The quantitative estimate of drug-likeness (QED) is 0.849. The Balaban J connectivity index is 2.08. The first-order valence-electron chi connectivity index (χ1n) is 7.29. The molecule has 1 aliphatic heterocycles. The summed E-state index contributed by atoms with van der Waals surface area (Å²) in [6.07, 6.45) is 0. The summed E-state index contributed by atoms with van der Waals surface area (Å²) in [4.78, 5) is 14.2. The van der Waals surface area contributed by atoms with E-state index in [2.05, 4.69) is 42.3 Å². The summed E-state index contributed by atoms with van der Waals surface area (Å²) in [6.45, 7) is 9.78. The summed E-state index contributed by atoms with van der Waals surface area (Å²) < 4.78 is 5.17. The van der Waals surface area contributed by atoms with Crippen molar-refractivity contribution in [3.05, 3.63) is 34.9 Å². The summed E-state index contributed by atoms with van der Waals surface area (Å²) >= 11 is 0. The number of esters is 1. The molecule has 0 aromatic heterocycles. The van der Waals surface area contributed by atoms with Crippen molar-refractivity contribution < 1.29 is 9.53 Å². The molecule has 4 nitrogen and oxygen atoms in total. The molecule has 1 atom stereocenters. The molecule has 1 N–H and O–H groups in total. The van der Waals surface area contributed by atoms with Crippen molar-refractivity contribution in [3.8, 4) is 0 Å². The largest absolute Gasteiger partial charge is 0.465 e. The molecule has 1 fully saturated rings. The second-order valence-electron chi connectivity index (χ2n) is 5.36. The van der Waals surface area contributed by atoms with Crippen molar-refractivity contribution in [2.45, 2.75) is 33.4 Å². The van der Waals surface area contributed by atoms with Crippen LogP contribution in [0, 0.1) is 13.8 Å². The third-order valence-corrected chi connectivity index (χ3v) is 3.87. The van der Waals surface area contributed by atoms with Gasteiger partial charge in [-0.1, -0.05) is 18.2 Å². The van der Waals surface area contributed by atoms with E-state index in [1.165, 1.54) is 16.7 Å². The summed E-state index contributed by atoms with van der Waals surface area (Å²) in [5, 5.41) is 3.27. The highest BCUT2D eigenvalue weighted by atomic mass is 16.5. The van der Waals surface area contributed by atoms with Crippen LogP contribution in [0.2, 0.25) is 0 Å². The molecule has 1 saturated heterocycles. The maximum atomic E-state index is 12.0. The Morgan fingerprint density at radius 3 is 2.90 bits per heavy atom. The zero-order valence-electron chi connectivity index (χ0n) is 12.6. The van der Waals surface area contributed by atoms with Gasteiger partial charge in [-0.2, -0.15) is 0 Å². The van der Waals surface area contributed by atoms with Crippen LogP contribution >= 0.6 is 0 Å². The van der Waals surface area contributed by atoms with E-state index < -0.39 is 0 Å². The first-order valence-corrected chi connectivity index (χ1v) is 7.29. The minimum atomic E-state index is -0.176. The van der Waals surface area contributed by atoms with Crippen molar-refractivity contribution in [1.82, 2.24) is 10.2 Å². The number of nitrogens with zero attached hydrogens (tertiary/aromatic N) is 1. The smallest absolute Gasteiger partial charge is 0.324 e. The Morgan fingerprint density at radius 1 is 1.40 bits per heavy atom. The lowest BCUT2D eigenvalue weighted by Crippen LogP contribution is -2.54. The van der Waals surface area contributed by atoms with Crippen LogP contribution in [0.15, 0.2) is 18.2 Å². The molecule has 1 heterocycles. The topological polar surface area (TPSA) is 41.6 Å². The van der Waals surface area contributed by atoms with Gasteiger partial charge in [0.2, 0.25) is 0 Å². The van der Waals surface area contributed by atoms with Gasteiger partial charge in [-0.3, -0.25) is 9.69 Å². The van der Waals surface area contributed by atoms with E-state index in [9.17, 15) is 4.79 Å². The van der Waals surface area contributed by atoms with Gasteiger partial charge in [0.25, 0.3) is 0 Å². The van der Waals surface area contributed by atoms with Crippen LogP contribution in [0.4, 0.5) is 0 Å². The van der Waals surface area contributed by atoms with E-state index in [0.717, 1.165) is 19.6 Å². The van der Waals surface area contributed by atoms with Crippen LogP contribution in [0.5, 0.6) is 0 Å². The fourth-order valence-electron chi connectivity index (χ4n) is 2.54. The van der Waals surface area contributed by atoms with Gasteiger partial charge in [0.1, 0.15) is 6.04 Å². The zero-order chi connectivity index (χ0) is 14.5. The molecule has 0 saturated carbocycles. The zero-order valence-corrected chi connectivity index (χ0v) is 12.6. The molecule has 1 aliphatic rings. The molecule has 1 aromatic carbocycles. The lowest BCUT2D eigenvalue weighted by Gasteiger charge is -2.34. The number of hydrogen-bond donors (Lipinski definition) is 1. The highest BCUT2D eigenvalue weighted by Crippen LogP contribution is 2.15. The first-order chi connectivity index (χ1) is 9.61. The molecule has 0 amide bonds. The van der Waals surface area contributed by atoms with Crippen molar-refractivity contribution in [1.29, 1.82) is 0 Å². The normalized spacial score (nSPS) is 19.9. The van der Waals surface area contributed by atoms with Crippen LogP contribution < -0.4 is 5.32 Å². The SMILES string of the molecule is CCOC(=O)C1CNCCN1Cc1ccc(C)c(C)c1. The number of rotatable bonds is 4. The Hall–Kier alpha value is -1.39. The molecule has 4 heteroatoms. The Kier molecular flexibility index (Phi) is 5.15. The van der Waals surface area contributed by atoms with E-state index in [0.29, 0.717) is 13.2 Å². The van der Waals surface area contributed by atoms with Crippen molar-refractivity contribution in [2.75, 3.05) is 26.2 Å². The van der Waals surface area contributed by atoms with E-state index in [4.69, 9.17) is 4.74 Å². The van der Waals surface area contributed by atoms with Gasteiger partial charge in [-0.25, -0.2) is 0 Å². The standard InChI is InChI=1S/C16H24N2O2/c1-4-20-16(19)15-10-17-7-8-18(15)11-14-6-5-12(2)13(3)9-14/h5-6,9,15,17H,4,7-8,10-11H2,1-3H3. The van der Waals surface area contributed by atoms with Crippen LogP contribution in [-0.2, 0) is 16.1 Å². The fourth-order valence-corrected chi connectivity index (χ4v) is 2.54. The number of hydrogen-bond acceptors (Lipinski definition) is 4. The molecule has 2 rings (SSSR count).